The second-order valence-electron chi connectivity index (χ2n) is 2.91. The summed E-state index contributed by atoms with van der Waals surface area (Å²) in [6.07, 6.45) is 11.4. The van der Waals surface area contributed by atoms with Crippen molar-refractivity contribution >= 4 is 21.7 Å². The Morgan fingerprint density at radius 3 is 2.93 bits per heavy atom. The molecule has 0 N–H and O–H groups in total. The maximum atomic E-state index is 4.08. The first kappa shape index (κ1) is 10.2. The Hall–Kier alpha value is -1.29. The summed E-state index contributed by atoms with van der Waals surface area (Å²) in [5.41, 5.74) is 0.752. The zero-order chi connectivity index (χ0) is 10.5. The fourth-order valence-electron chi connectivity index (χ4n) is 1.05. The van der Waals surface area contributed by atoms with Gasteiger partial charge < -0.3 is 0 Å². The minimum absolute atomic E-state index is 0.593. The minimum Gasteiger partial charge on any atom is -0.234 e. The van der Waals surface area contributed by atoms with Gasteiger partial charge in [-0.25, -0.2) is 4.98 Å². The number of allylic oxidation sites excluding steroid dienone is 3. The number of hydrogen-bond donors (Lipinski definition) is 0. The molecule has 3 nitrogen and oxygen atoms in total. The van der Waals surface area contributed by atoms with Gasteiger partial charge in [0.05, 0.1) is 5.70 Å². The summed E-state index contributed by atoms with van der Waals surface area (Å²) in [6, 6.07) is 3.68. The van der Waals surface area contributed by atoms with E-state index in [1.54, 1.807) is 12.3 Å². The van der Waals surface area contributed by atoms with Crippen LogP contribution in [0.4, 0.5) is 5.82 Å². The number of azo groups is 1. The van der Waals surface area contributed by atoms with Gasteiger partial charge in [-0.1, -0.05) is 12.2 Å². The number of aromatic nitrogens is 1. The molecule has 1 aromatic rings. The standard InChI is InChI=1S/C11H8BrN3/c12-9-6-7-11(13-8-9)15-14-10-4-2-1-3-5-10/h1-2,5-8H,3H2. The molecule has 1 aromatic heterocycles. The zero-order valence-corrected chi connectivity index (χ0v) is 9.48. The maximum Gasteiger partial charge on any atom is 0.174 e. The molecule has 0 spiro atoms. The lowest BCUT2D eigenvalue weighted by Crippen LogP contribution is -1.81. The monoisotopic (exact) mass is 261 g/mol. The van der Waals surface area contributed by atoms with Gasteiger partial charge in [0.1, 0.15) is 0 Å². The molecule has 15 heavy (non-hydrogen) atoms. The molecule has 0 saturated carbocycles. The summed E-state index contributed by atoms with van der Waals surface area (Å²) < 4.78 is 0.930. The molecule has 0 atom stereocenters. The molecule has 1 aliphatic carbocycles. The van der Waals surface area contributed by atoms with Crippen LogP contribution in [-0.4, -0.2) is 4.98 Å². The molecular weight excluding hydrogens is 254 g/mol. The van der Waals surface area contributed by atoms with Crippen molar-refractivity contribution < 1.29 is 0 Å². The van der Waals surface area contributed by atoms with Crippen LogP contribution in [0.2, 0.25) is 0 Å². The Kier molecular flexibility index (Phi) is 3.40. The molecular formula is C11H8BrN3. The maximum absolute atomic E-state index is 4.08. The smallest absolute Gasteiger partial charge is 0.174 e. The number of rotatable bonds is 2. The van der Waals surface area contributed by atoms with Crippen molar-refractivity contribution in [2.45, 2.75) is 6.42 Å². The number of pyridine rings is 1. The lowest BCUT2D eigenvalue weighted by Gasteiger charge is -1.97. The van der Waals surface area contributed by atoms with Gasteiger partial charge in [0.25, 0.3) is 0 Å². The second-order valence-corrected chi connectivity index (χ2v) is 3.82. The van der Waals surface area contributed by atoms with Crippen LogP contribution in [0.1, 0.15) is 6.42 Å². The molecule has 0 unspecified atom stereocenters. The van der Waals surface area contributed by atoms with Crippen molar-refractivity contribution in [3.05, 3.63) is 53.1 Å². The fraction of sp³-hybridized carbons (Fsp3) is 0.0909. The SMILES string of the molecule is Brc1ccc(N=NC2=CC[CH]C=[C]2)nc1. The van der Waals surface area contributed by atoms with Crippen molar-refractivity contribution in [1.82, 2.24) is 4.98 Å². The van der Waals surface area contributed by atoms with E-state index in [1.165, 1.54) is 0 Å². The minimum atomic E-state index is 0.593. The van der Waals surface area contributed by atoms with Crippen LogP contribution in [0.25, 0.3) is 0 Å². The highest BCUT2D eigenvalue weighted by atomic mass is 79.9. The van der Waals surface area contributed by atoms with Crippen molar-refractivity contribution in [3.63, 3.8) is 0 Å². The highest BCUT2D eigenvalue weighted by Crippen LogP contribution is 2.16. The van der Waals surface area contributed by atoms with E-state index in [0.717, 1.165) is 16.6 Å². The molecule has 0 aliphatic heterocycles. The molecule has 2 rings (SSSR count). The highest BCUT2D eigenvalue weighted by Gasteiger charge is 1.96. The van der Waals surface area contributed by atoms with Crippen molar-refractivity contribution in [1.29, 1.82) is 0 Å². The second kappa shape index (κ2) is 4.98. The van der Waals surface area contributed by atoms with Gasteiger partial charge in [0, 0.05) is 16.7 Å². The van der Waals surface area contributed by atoms with Crippen LogP contribution in [0.5, 0.6) is 0 Å². The van der Waals surface area contributed by atoms with E-state index < -0.39 is 0 Å². The molecule has 0 amide bonds. The molecule has 0 saturated heterocycles. The van der Waals surface area contributed by atoms with Gasteiger partial charge in [-0.3, -0.25) is 0 Å². The van der Waals surface area contributed by atoms with Crippen molar-refractivity contribution in [2.24, 2.45) is 10.2 Å². The van der Waals surface area contributed by atoms with Gasteiger partial charge in [0.15, 0.2) is 5.82 Å². The Bertz CT molecular complexity index is 418. The summed E-state index contributed by atoms with van der Waals surface area (Å²) in [5, 5.41) is 8.03. The molecule has 0 fully saturated rings. The predicted molar refractivity (Wildman–Crippen MR) is 61.3 cm³/mol. The van der Waals surface area contributed by atoms with Crippen LogP contribution in [0, 0.1) is 12.5 Å². The summed E-state index contributed by atoms with van der Waals surface area (Å²) >= 11 is 3.31. The van der Waals surface area contributed by atoms with E-state index in [4.69, 9.17) is 0 Å². The van der Waals surface area contributed by atoms with Gasteiger partial charge in [-0.15, -0.1) is 10.2 Å². The normalized spacial score (nSPS) is 15.7. The predicted octanol–water partition coefficient (Wildman–Crippen LogP) is 3.78. The highest BCUT2D eigenvalue weighted by molar-refractivity contribution is 9.10. The zero-order valence-electron chi connectivity index (χ0n) is 7.89. The molecule has 74 valence electrons. The lowest BCUT2D eigenvalue weighted by atomic mass is 10.2. The van der Waals surface area contributed by atoms with Gasteiger partial charge in [-0.05, 0) is 40.9 Å². The average Bonchev–Trinajstić information content (AvgIpc) is 2.30. The average molecular weight is 262 g/mol. The number of halogens is 1. The number of hydrogen-bond acceptors (Lipinski definition) is 3. The third-order valence-electron chi connectivity index (χ3n) is 1.77. The molecule has 4 heteroatoms. The fourth-order valence-corrected chi connectivity index (χ4v) is 1.29. The first-order chi connectivity index (χ1) is 7.34. The summed E-state index contributed by atoms with van der Waals surface area (Å²) in [4.78, 5) is 4.08. The summed E-state index contributed by atoms with van der Waals surface area (Å²) in [6.45, 7) is 0. The van der Waals surface area contributed by atoms with Crippen LogP contribution in [0.3, 0.4) is 0 Å². The lowest BCUT2D eigenvalue weighted by molar-refractivity contribution is 1.07. The Labute approximate surface area is 96.8 Å². The van der Waals surface area contributed by atoms with E-state index in [2.05, 4.69) is 37.2 Å². The van der Waals surface area contributed by atoms with Crippen LogP contribution in [0.15, 0.2) is 50.9 Å². The van der Waals surface area contributed by atoms with Crippen molar-refractivity contribution in [2.75, 3.05) is 0 Å². The van der Waals surface area contributed by atoms with Crippen LogP contribution >= 0.6 is 15.9 Å². The van der Waals surface area contributed by atoms with Gasteiger partial charge >= 0.3 is 0 Å². The number of nitrogens with zero attached hydrogens (tertiary/aromatic N) is 3. The quantitative estimate of drug-likeness (QED) is 0.747. The van der Waals surface area contributed by atoms with E-state index in [1.807, 2.05) is 24.6 Å². The van der Waals surface area contributed by atoms with Gasteiger partial charge in [0.2, 0.25) is 0 Å². The third-order valence-corrected chi connectivity index (χ3v) is 2.24. The first-order valence-electron chi connectivity index (χ1n) is 4.49. The van der Waals surface area contributed by atoms with Crippen LogP contribution < -0.4 is 0 Å². The first-order valence-corrected chi connectivity index (χ1v) is 5.29. The topological polar surface area (TPSA) is 37.6 Å². The largest absolute Gasteiger partial charge is 0.234 e. The molecule has 1 heterocycles. The van der Waals surface area contributed by atoms with Crippen molar-refractivity contribution in [3.8, 4) is 0 Å². The Morgan fingerprint density at radius 1 is 1.33 bits per heavy atom. The summed E-state index contributed by atoms with van der Waals surface area (Å²) in [5.74, 6) is 0.593. The molecule has 0 aromatic carbocycles. The van der Waals surface area contributed by atoms with E-state index in [9.17, 15) is 0 Å². The molecule has 0 bridgehead atoms. The van der Waals surface area contributed by atoms with E-state index >= 15 is 0 Å². The van der Waals surface area contributed by atoms with Crippen LogP contribution in [-0.2, 0) is 0 Å². The van der Waals surface area contributed by atoms with E-state index in [0.29, 0.717) is 5.82 Å². The van der Waals surface area contributed by atoms with Gasteiger partial charge in [-0.2, -0.15) is 0 Å². The molecule has 2 radical (unpaired) electrons. The summed E-state index contributed by atoms with van der Waals surface area (Å²) in [7, 11) is 0. The third kappa shape index (κ3) is 3.09. The Balaban J connectivity index is 2.08. The Morgan fingerprint density at radius 2 is 2.27 bits per heavy atom. The molecule has 1 aliphatic rings. The van der Waals surface area contributed by atoms with E-state index in [-0.39, 0.29) is 0 Å².